The minimum atomic E-state index is -3.46. The molecule has 0 spiro atoms. The van der Waals surface area contributed by atoms with Crippen molar-refractivity contribution in [2.75, 3.05) is 18.4 Å². The normalized spacial score (nSPS) is 19.2. The van der Waals surface area contributed by atoms with E-state index in [1.54, 1.807) is 24.3 Å². The molecule has 1 saturated carbocycles. The van der Waals surface area contributed by atoms with E-state index in [0.717, 1.165) is 36.7 Å². The molecule has 1 unspecified atom stereocenters. The van der Waals surface area contributed by atoms with Crippen LogP contribution in [0.3, 0.4) is 0 Å². The molecule has 10 heteroatoms. The summed E-state index contributed by atoms with van der Waals surface area (Å²) in [6.07, 6.45) is 7.75. The second-order valence-electron chi connectivity index (χ2n) is 8.58. The third kappa shape index (κ3) is 5.02. The molecule has 32 heavy (non-hydrogen) atoms. The van der Waals surface area contributed by atoms with E-state index < -0.39 is 10.0 Å². The Hall–Kier alpha value is -1.91. The van der Waals surface area contributed by atoms with Crippen LogP contribution in [0.4, 0.5) is 5.69 Å². The lowest BCUT2D eigenvalue weighted by Crippen LogP contribution is -2.28. The SMILES string of the molecule is Cc1nnc(SC(C)C(=O)Nc2ccc(S(=O)(=O)N3CCCC3)cc2)n1C1CCCCC1. The van der Waals surface area contributed by atoms with E-state index >= 15 is 0 Å². The molecule has 4 rings (SSSR count). The van der Waals surface area contributed by atoms with Crippen LogP contribution >= 0.6 is 11.8 Å². The van der Waals surface area contributed by atoms with Crippen LogP contribution in [0.1, 0.15) is 63.7 Å². The maximum absolute atomic E-state index is 12.8. The van der Waals surface area contributed by atoms with Gasteiger partial charge in [0.2, 0.25) is 15.9 Å². The number of sulfonamides is 1. The molecule has 1 aliphatic heterocycles. The van der Waals surface area contributed by atoms with Crippen LogP contribution in [0.2, 0.25) is 0 Å². The molecule has 1 atom stereocenters. The van der Waals surface area contributed by atoms with Crippen molar-refractivity contribution in [3.05, 3.63) is 30.1 Å². The zero-order chi connectivity index (χ0) is 22.7. The second kappa shape index (κ2) is 9.93. The van der Waals surface area contributed by atoms with Crippen molar-refractivity contribution < 1.29 is 13.2 Å². The molecule has 0 radical (unpaired) electrons. The van der Waals surface area contributed by atoms with Gasteiger partial charge >= 0.3 is 0 Å². The van der Waals surface area contributed by atoms with Crippen LogP contribution in [0.25, 0.3) is 0 Å². The van der Waals surface area contributed by atoms with Gasteiger partial charge in [-0.2, -0.15) is 4.31 Å². The summed E-state index contributed by atoms with van der Waals surface area (Å²) in [6, 6.07) is 6.82. The van der Waals surface area contributed by atoms with Gasteiger partial charge in [0, 0.05) is 24.8 Å². The van der Waals surface area contributed by atoms with E-state index in [2.05, 4.69) is 20.1 Å². The van der Waals surface area contributed by atoms with Gasteiger partial charge in [0.1, 0.15) is 5.82 Å². The molecule has 1 N–H and O–H groups in total. The Bertz CT molecular complexity index is 1040. The summed E-state index contributed by atoms with van der Waals surface area (Å²) in [4.78, 5) is 13.0. The monoisotopic (exact) mass is 477 g/mol. The average molecular weight is 478 g/mol. The summed E-state index contributed by atoms with van der Waals surface area (Å²) in [7, 11) is -3.46. The van der Waals surface area contributed by atoms with Gasteiger partial charge in [0.05, 0.1) is 10.1 Å². The number of rotatable bonds is 7. The number of thioether (sulfide) groups is 1. The Balaban J connectivity index is 1.39. The minimum absolute atomic E-state index is 0.152. The Morgan fingerprint density at radius 1 is 1.06 bits per heavy atom. The quantitative estimate of drug-likeness (QED) is 0.606. The average Bonchev–Trinajstić information content (AvgIpc) is 3.45. The molecule has 1 aromatic heterocycles. The van der Waals surface area contributed by atoms with Crippen molar-refractivity contribution >= 4 is 33.4 Å². The van der Waals surface area contributed by atoms with Crippen LogP contribution in [-0.4, -0.2) is 51.7 Å². The van der Waals surface area contributed by atoms with Gasteiger partial charge in [-0.3, -0.25) is 4.79 Å². The summed E-state index contributed by atoms with van der Waals surface area (Å²) < 4.78 is 29.0. The number of hydrogen-bond acceptors (Lipinski definition) is 6. The van der Waals surface area contributed by atoms with E-state index in [4.69, 9.17) is 0 Å². The summed E-state index contributed by atoms with van der Waals surface area (Å²) in [5, 5.41) is 11.9. The number of amides is 1. The highest BCUT2D eigenvalue weighted by atomic mass is 32.2. The Labute approximate surface area is 194 Å². The summed E-state index contributed by atoms with van der Waals surface area (Å²) in [6.45, 7) is 4.95. The lowest BCUT2D eigenvalue weighted by Gasteiger charge is -2.25. The number of nitrogens with zero attached hydrogens (tertiary/aromatic N) is 4. The minimum Gasteiger partial charge on any atom is -0.325 e. The van der Waals surface area contributed by atoms with Crippen LogP contribution in [0.15, 0.2) is 34.3 Å². The van der Waals surface area contributed by atoms with E-state index in [-0.39, 0.29) is 16.1 Å². The first-order valence-corrected chi connectivity index (χ1v) is 13.7. The van der Waals surface area contributed by atoms with Gasteiger partial charge < -0.3 is 9.88 Å². The van der Waals surface area contributed by atoms with Gasteiger partial charge in [-0.25, -0.2) is 8.42 Å². The zero-order valence-corrected chi connectivity index (χ0v) is 20.3. The van der Waals surface area contributed by atoms with Gasteiger partial charge in [0.25, 0.3) is 0 Å². The van der Waals surface area contributed by atoms with E-state index in [1.807, 2.05) is 13.8 Å². The molecule has 174 valence electrons. The number of hydrogen-bond donors (Lipinski definition) is 1. The zero-order valence-electron chi connectivity index (χ0n) is 18.7. The van der Waals surface area contributed by atoms with Crippen LogP contribution in [0, 0.1) is 6.92 Å². The highest BCUT2D eigenvalue weighted by Gasteiger charge is 2.27. The fraction of sp³-hybridized carbons (Fsp3) is 0.591. The van der Waals surface area contributed by atoms with Crippen molar-refractivity contribution in [2.24, 2.45) is 0 Å². The predicted molar refractivity (Wildman–Crippen MR) is 125 cm³/mol. The molecule has 0 bridgehead atoms. The number of carbonyl (C=O) groups is 1. The van der Waals surface area contributed by atoms with Crippen molar-refractivity contribution in [3.63, 3.8) is 0 Å². The molecule has 2 aliphatic rings. The largest absolute Gasteiger partial charge is 0.325 e. The maximum Gasteiger partial charge on any atom is 0.243 e. The third-order valence-corrected chi connectivity index (χ3v) is 9.22. The van der Waals surface area contributed by atoms with Crippen LogP contribution in [0.5, 0.6) is 0 Å². The molecule has 2 aromatic rings. The molecule has 1 saturated heterocycles. The molecule has 1 aromatic carbocycles. The molecule has 1 aliphatic carbocycles. The van der Waals surface area contributed by atoms with Crippen molar-refractivity contribution in [1.82, 2.24) is 19.1 Å². The Morgan fingerprint density at radius 3 is 2.38 bits per heavy atom. The fourth-order valence-corrected chi connectivity index (χ4v) is 6.92. The molecular formula is C22H31N5O3S2. The van der Waals surface area contributed by atoms with Gasteiger partial charge in [-0.15, -0.1) is 10.2 Å². The van der Waals surface area contributed by atoms with Crippen molar-refractivity contribution in [3.8, 4) is 0 Å². The number of aromatic nitrogens is 3. The molecule has 2 heterocycles. The fourth-order valence-electron chi connectivity index (χ4n) is 4.43. The topological polar surface area (TPSA) is 97.2 Å². The predicted octanol–water partition coefficient (Wildman–Crippen LogP) is 4.00. The third-order valence-electron chi connectivity index (χ3n) is 6.25. The van der Waals surface area contributed by atoms with E-state index in [0.29, 0.717) is 24.8 Å². The molecule has 1 amide bonds. The first kappa shape index (κ1) is 23.3. The van der Waals surface area contributed by atoms with Gasteiger partial charge in [0.15, 0.2) is 5.16 Å². The van der Waals surface area contributed by atoms with E-state index in [1.165, 1.54) is 35.3 Å². The summed E-state index contributed by atoms with van der Waals surface area (Å²) >= 11 is 1.41. The standard InChI is InChI=1S/C22H31N5O3S2/c1-16(31-22-25-24-17(2)27(22)19-8-4-3-5-9-19)21(28)23-18-10-12-20(13-11-18)32(29,30)26-14-6-7-15-26/h10-13,16,19H,3-9,14-15H2,1-2H3,(H,23,28). The molecular weight excluding hydrogens is 446 g/mol. The summed E-state index contributed by atoms with van der Waals surface area (Å²) in [5.74, 6) is 0.739. The first-order chi connectivity index (χ1) is 15.4. The number of benzene rings is 1. The lowest BCUT2D eigenvalue weighted by atomic mass is 9.95. The Morgan fingerprint density at radius 2 is 1.72 bits per heavy atom. The molecule has 8 nitrogen and oxygen atoms in total. The number of carbonyl (C=O) groups excluding carboxylic acids is 1. The van der Waals surface area contributed by atoms with Crippen LogP contribution in [-0.2, 0) is 14.8 Å². The number of aryl methyl sites for hydroxylation is 1. The highest BCUT2D eigenvalue weighted by Crippen LogP contribution is 2.34. The van der Waals surface area contributed by atoms with Crippen molar-refractivity contribution in [2.45, 2.75) is 80.1 Å². The number of nitrogens with one attached hydrogen (secondary N) is 1. The van der Waals surface area contributed by atoms with Crippen molar-refractivity contribution in [1.29, 1.82) is 0 Å². The molecule has 2 fully saturated rings. The number of anilines is 1. The first-order valence-electron chi connectivity index (χ1n) is 11.4. The highest BCUT2D eigenvalue weighted by molar-refractivity contribution is 8.00. The summed E-state index contributed by atoms with van der Waals surface area (Å²) in [5.41, 5.74) is 0.577. The second-order valence-corrected chi connectivity index (χ2v) is 11.8. The maximum atomic E-state index is 12.8. The van der Waals surface area contributed by atoms with Gasteiger partial charge in [-0.05, 0) is 63.8 Å². The van der Waals surface area contributed by atoms with Crippen LogP contribution < -0.4 is 5.32 Å². The Kier molecular flexibility index (Phi) is 7.21. The van der Waals surface area contributed by atoms with E-state index in [9.17, 15) is 13.2 Å². The van der Waals surface area contributed by atoms with Gasteiger partial charge in [-0.1, -0.05) is 31.0 Å². The smallest absolute Gasteiger partial charge is 0.243 e. The lowest BCUT2D eigenvalue weighted by molar-refractivity contribution is -0.115.